The smallest absolute Gasteiger partial charge is 0.246 e. The van der Waals surface area contributed by atoms with Gasteiger partial charge in [0.1, 0.15) is 10.6 Å². The second kappa shape index (κ2) is 9.67. The molecule has 1 aliphatic rings. The van der Waals surface area contributed by atoms with Gasteiger partial charge in [-0.25, -0.2) is 8.42 Å². The number of nitrogens with one attached hydrogen (secondary N) is 1. The van der Waals surface area contributed by atoms with Gasteiger partial charge in [-0.05, 0) is 23.8 Å². The highest BCUT2D eigenvalue weighted by molar-refractivity contribution is 7.89. The van der Waals surface area contributed by atoms with Crippen molar-refractivity contribution in [3.63, 3.8) is 0 Å². The molecule has 1 amide bonds. The number of morpholine rings is 1. The number of carbonyl (C=O) groups excluding carboxylic acids is 1. The van der Waals surface area contributed by atoms with Crippen LogP contribution in [-0.4, -0.2) is 72.3 Å². The predicted octanol–water partition coefficient (Wildman–Crippen LogP) is 0.492. The lowest BCUT2D eigenvalue weighted by Gasteiger charge is -2.26. The zero-order valence-electron chi connectivity index (χ0n) is 14.9. The molecule has 1 fully saturated rings. The first-order valence-electron chi connectivity index (χ1n) is 8.20. The third-order valence-corrected chi connectivity index (χ3v) is 5.73. The average Bonchev–Trinajstić information content (AvgIpc) is 2.67. The molecule has 2 rings (SSSR count). The van der Waals surface area contributed by atoms with Gasteiger partial charge in [-0.1, -0.05) is 6.07 Å². The monoisotopic (exact) mass is 384 g/mol. The largest absolute Gasteiger partial charge is 0.495 e. The minimum atomic E-state index is -3.71. The van der Waals surface area contributed by atoms with E-state index >= 15 is 0 Å². The van der Waals surface area contributed by atoms with Crippen LogP contribution in [0.25, 0.3) is 6.08 Å². The number of hydrogen-bond acceptors (Lipinski definition) is 6. The minimum Gasteiger partial charge on any atom is -0.495 e. The number of ether oxygens (including phenoxy) is 3. The Morgan fingerprint density at radius 3 is 2.69 bits per heavy atom. The molecule has 1 aliphatic heterocycles. The van der Waals surface area contributed by atoms with Gasteiger partial charge in [-0.15, -0.1) is 0 Å². The average molecular weight is 384 g/mol. The fraction of sp³-hybridized carbons (Fsp3) is 0.471. The van der Waals surface area contributed by atoms with Gasteiger partial charge in [0.05, 0.1) is 26.9 Å². The highest BCUT2D eigenvalue weighted by Gasteiger charge is 2.29. The van der Waals surface area contributed by atoms with E-state index in [0.29, 0.717) is 45.0 Å². The summed E-state index contributed by atoms with van der Waals surface area (Å²) in [6, 6.07) is 4.77. The van der Waals surface area contributed by atoms with Crippen molar-refractivity contribution < 1.29 is 27.4 Å². The van der Waals surface area contributed by atoms with Crippen molar-refractivity contribution in [2.45, 2.75) is 4.90 Å². The Morgan fingerprint density at radius 1 is 1.31 bits per heavy atom. The fourth-order valence-corrected chi connectivity index (χ4v) is 4.03. The lowest BCUT2D eigenvalue weighted by molar-refractivity contribution is -0.116. The van der Waals surface area contributed by atoms with Crippen molar-refractivity contribution in [1.82, 2.24) is 9.62 Å². The first kappa shape index (κ1) is 20.4. The molecule has 1 aromatic rings. The number of amides is 1. The normalized spacial score (nSPS) is 15.9. The first-order valence-corrected chi connectivity index (χ1v) is 9.64. The van der Waals surface area contributed by atoms with Crippen LogP contribution in [0.5, 0.6) is 5.75 Å². The molecule has 9 heteroatoms. The van der Waals surface area contributed by atoms with Crippen molar-refractivity contribution >= 4 is 22.0 Å². The molecule has 0 aliphatic carbocycles. The predicted molar refractivity (Wildman–Crippen MR) is 96.5 cm³/mol. The molecule has 1 N–H and O–H groups in total. The van der Waals surface area contributed by atoms with Gasteiger partial charge < -0.3 is 19.5 Å². The van der Waals surface area contributed by atoms with Crippen LogP contribution in [0.1, 0.15) is 5.56 Å². The fourth-order valence-electron chi connectivity index (χ4n) is 2.43. The van der Waals surface area contributed by atoms with Crippen molar-refractivity contribution in [2.75, 3.05) is 53.7 Å². The number of nitrogens with zero attached hydrogens (tertiary/aromatic N) is 1. The van der Waals surface area contributed by atoms with E-state index in [0.717, 1.165) is 0 Å². The second-order valence-electron chi connectivity index (χ2n) is 5.54. The van der Waals surface area contributed by atoms with Crippen LogP contribution in [0.4, 0.5) is 0 Å². The van der Waals surface area contributed by atoms with Gasteiger partial charge in [0.2, 0.25) is 15.9 Å². The molecular weight excluding hydrogens is 360 g/mol. The lowest BCUT2D eigenvalue weighted by atomic mass is 10.2. The molecule has 0 unspecified atom stereocenters. The van der Waals surface area contributed by atoms with Crippen LogP contribution in [0.15, 0.2) is 29.2 Å². The Labute approximate surface area is 153 Å². The highest BCUT2D eigenvalue weighted by Crippen LogP contribution is 2.28. The maximum absolute atomic E-state index is 12.9. The molecule has 8 nitrogen and oxygen atoms in total. The van der Waals surface area contributed by atoms with E-state index < -0.39 is 10.0 Å². The molecule has 0 radical (unpaired) electrons. The summed E-state index contributed by atoms with van der Waals surface area (Å²) >= 11 is 0. The van der Waals surface area contributed by atoms with Crippen molar-refractivity contribution in [3.8, 4) is 5.75 Å². The van der Waals surface area contributed by atoms with Crippen LogP contribution >= 0.6 is 0 Å². The highest BCUT2D eigenvalue weighted by atomic mass is 32.2. The van der Waals surface area contributed by atoms with Gasteiger partial charge >= 0.3 is 0 Å². The van der Waals surface area contributed by atoms with E-state index in [9.17, 15) is 13.2 Å². The molecule has 1 saturated heterocycles. The third-order valence-electron chi connectivity index (χ3n) is 3.81. The molecule has 0 aromatic heterocycles. The quantitative estimate of drug-likeness (QED) is 0.518. The van der Waals surface area contributed by atoms with Crippen molar-refractivity contribution in [1.29, 1.82) is 0 Å². The molecule has 1 aromatic carbocycles. The zero-order chi connectivity index (χ0) is 19.0. The number of hydrogen-bond donors (Lipinski definition) is 1. The topological polar surface area (TPSA) is 94.2 Å². The Balaban J connectivity index is 2.21. The molecule has 144 valence electrons. The zero-order valence-corrected chi connectivity index (χ0v) is 15.8. The Bertz CT molecular complexity index is 742. The molecule has 26 heavy (non-hydrogen) atoms. The summed E-state index contributed by atoms with van der Waals surface area (Å²) in [6.45, 7) is 2.15. The van der Waals surface area contributed by atoms with Gasteiger partial charge in [0.25, 0.3) is 0 Å². The summed E-state index contributed by atoms with van der Waals surface area (Å²) in [4.78, 5) is 11.8. The van der Waals surface area contributed by atoms with Gasteiger partial charge in [-0.3, -0.25) is 4.79 Å². The summed E-state index contributed by atoms with van der Waals surface area (Å²) in [5.41, 5.74) is 0.583. The summed E-state index contributed by atoms with van der Waals surface area (Å²) in [7, 11) is -0.732. The summed E-state index contributed by atoms with van der Waals surface area (Å²) < 4.78 is 42.5. The number of rotatable bonds is 8. The number of methoxy groups -OCH3 is 2. The van der Waals surface area contributed by atoms with E-state index in [1.54, 1.807) is 25.3 Å². The molecule has 1 heterocycles. The lowest BCUT2D eigenvalue weighted by Crippen LogP contribution is -2.40. The molecule has 0 bridgehead atoms. The van der Waals surface area contributed by atoms with Gasteiger partial charge in [0.15, 0.2) is 0 Å². The minimum absolute atomic E-state index is 0.0730. The maximum Gasteiger partial charge on any atom is 0.246 e. The molecule has 0 saturated carbocycles. The van der Waals surface area contributed by atoms with E-state index in [1.807, 2.05) is 0 Å². The van der Waals surface area contributed by atoms with Crippen LogP contribution in [-0.2, 0) is 24.3 Å². The number of benzene rings is 1. The third kappa shape index (κ3) is 5.28. The Kier molecular flexibility index (Phi) is 7.58. The van der Waals surface area contributed by atoms with E-state index in [2.05, 4.69) is 5.32 Å². The van der Waals surface area contributed by atoms with E-state index in [4.69, 9.17) is 14.2 Å². The van der Waals surface area contributed by atoms with Crippen LogP contribution in [0.3, 0.4) is 0 Å². The molecular formula is C17H24N2O6S. The molecule has 0 atom stereocenters. The summed E-state index contributed by atoms with van der Waals surface area (Å²) in [6.07, 6.45) is 2.91. The standard InChI is InChI=1S/C17H24N2O6S/c1-23-10-7-18-17(20)6-4-14-3-5-15(24-2)16(13-14)26(21,22)19-8-11-25-12-9-19/h3-6,13H,7-12H2,1-2H3,(H,18,20)/b6-4+. The summed E-state index contributed by atoms with van der Waals surface area (Å²) in [5.74, 6) is -0.0198. The number of carbonyl (C=O) groups is 1. The second-order valence-corrected chi connectivity index (χ2v) is 7.45. The van der Waals surface area contributed by atoms with Crippen LogP contribution in [0.2, 0.25) is 0 Å². The van der Waals surface area contributed by atoms with Crippen molar-refractivity contribution in [2.24, 2.45) is 0 Å². The van der Waals surface area contributed by atoms with Crippen LogP contribution in [0, 0.1) is 0 Å². The van der Waals surface area contributed by atoms with E-state index in [1.165, 1.54) is 23.6 Å². The first-order chi connectivity index (χ1) is 12.5. The SMILES string of the molecule is COCCNC(=O)/C=C/c1ccc(OC)c(S(=O)(=O)N2CCOCC2)c1. The number of sulfonamides is 1. The van der Waals surface area contributed by atoms with Gasteiger partial charge in [-0.2, -0.15) is 4.31 Å². The van der Waals surface area contributed by atoms with Crippen LogP contribution < -0.4 is 10.1 Å². The Hall–Kier alpha value is -1.94. The van der Waals surface area contributed by atoms with Crippen molar-refractivity contribution in [3.05, 3.63) is 29.8 Å². The Morgan fingerprint density at radius 2 is 2.04 bits per heavy atom. The molecule has 0 spiro atoms. The van der Waals surface area contributed by atoms with Gasteiger partial charge in [0, 0.05) is 32.8 Å². The summed E-state index contributed by atoms with van der Waals surface area (Å²) in [5, 5.41) is 2.66. The maximum atomic E-state index is 12.9. The van der Waals surface area contributed by atoms with E-state index in [-0.39, 0.29) is 16.6 Å².